The van der Waals surface area contributed by atoms with Crippen LogP contribution in [0.3, 0.4) is 0 Å². The van der Waals surface area contributed by atoms with Crippen LogP contribution in [0.1, 0.15) is 59.8 Å². The molecule has 2 heterocycles. The van der Waals surface area contributed by atoms with Crippen LogP contribution in [0.25, 0.3) is 16.7 Å². The summed E-state index contributed by atoms with van der Waals surface area (Å²) in [6.45, 7) is 3.55. The van der Waals surface area contributed by atoms with Gasteiger partial charge in [-0.3, -0.25) is 23.1 Å². The summed E-state index contributed by atoms with van der Waals surface area (Å²) in [6.07, 6.45) is 2.87. The fourth-order valence-corrected chi connectivity index (χ4v) is 4.97. The second kappa shape index (κ2) is 9.48. The van der Waals surface area contributed by atoms with Crippen molar-refractivity contribution in [3.05, 3.63) is 96.2 Å². The zero-order valence-corrected chi connectivity index (χ0v) is 22.0. The highest BCUT2D eigenvalue weighted by Gasteiger charge is 2.29. The van der Waals surface area contributed by atoms with Crippen LogP contribution in [0.5, 0.6) is 0 Å². The highest BCUT2D eigenvalue weighted by Crippen LogP contribution is 2.36. The molecule has 4 aromatic rings. The molecular formula is C28H28F2N4O5. The number of esters is 1. The molecule has 0 aliphatic heterocycles. The molecule has 5 rings (SSSR count). The van der Waals surface area contributed by atoms with Crippen LogP contribution in [0, 0.1) is 6.92 Å². The van der Waals surface area contributed by atoms with Gasteiger partial charge >= 0.3 is 17.3 Å². The van der Waals surface area contributed by atoms with Crippen molar-refractivity contribution in [1.82, 2.24) is 18.3 Å². The van der Waals surface area contributed by atoms with E-state index >= 15 is 0 Å². The van der Waals surface area contributed by atoms with Crippen LogP contribution < -0.4 is 16.9 Å². The van der Waals surface area contributed by atoms with Gasteiger partial charge in [0, 0.05) is 31.8 Å². The number of halogens is 2. The van der Waals surface area contributed by atoms with Gasteiger partial charge in [-0.2, -0.15) is 0 Å². The van der Waals surface area contributed by atoms with Gasteiger partial charge in [-0.1, -0.05) is 18.2 Å². The third-order valence-corrected chi connectivity index (χ3v) is 7.18. The fourth-order valence-electron chi connectivity index (χ4n) is 4.97. The maximum atomic E-state index is 14.2. The van der Waals surface area contributed by atoms with Crippen LogP contribution in [-0.2, 0) is 24.3 Å². The maximum Gasteiger partial charge on any atom is 0.345 e. The molecule has 39 heavy (non-hydrogen) atoms. The van der Waals surface area contributed by atoms with Crippen molar-refractivity contribution in [3.63, 3.8) is 0 Å². The molecule has 0 spiro atoms. The molecule has 0 N–H and O–H groups in total. The summed E-state index contributed by atoms with van der Waals surface area (Å²) in [5, 5.41) is 0. The maximum absolute atomic E-state index is 14.2. The van der Waals surface area contributed by atoms with E-state index in [0.29, 0.717) is 22.3 Å². The van der Waals surface area contributed by atoms with Gasteiger partial charge in [0.1, 0.15) is 5.56 Å². The van der Waals surface area contributed by atoms with Crippen molar-refractivity contribution < 1.29 is 18.3 Å². The quantitative estimate of drug-likeness (QED) is 0.335. The van der Waals surface area contributed by atoms with E-state index in [1.165, 1.54) is 23.6 Å². The number of rotatable bonds is 7. The number of aryl methyl sites for hydroxylation is 1. The van der Waals surface area contributed by atoms with Crippen LogP contribution >= 0.6 is 0 Å². The number of benzene rings is 2. The predicted molar refractivity (Wildman–Crippen MR) is 141 cm³/mol. The second-order valence-corrected chi connectivity index (χ2v) is 9.90. The summed E-state index contributed by atoms with van der Waals surface area (Å²) >= 11 is 0. The first kappa shape index (κ1) is 26.3. The lowest BCUT2D eigenvalue weighted by Crippen LogP contribution is -2.42. The zero-order chi connectivity index (χ0) is 28.2. The van der Waals surface area contributed by atoms with Crippen LogP contribution in [0.4, 0.5) is 8.78 Å². The zero-order valence-electron chi connectivity index (χ0n) is 22.0. The number of hydrogen-bond donors (Lipinski definition) is 0. The average Bonchev–Trinajstić information content (AvgIpc) is 3.68. The predicted octanol–water partition coefficient (Wildman–Crippen LogP) is 3.63. The van der Waals surface area contributed by atoms with E-state index in [1.807, 2.05) is 0 Å². The van der Waals surface area contributed by atoms with Gasteiger partial charge in [-0.05, 0) is 56.0 Å². The van der Waals surface area contributed by atoms with Gasteiger partial charge in [0.05, 0.1) is 29.9 Å². The first-order valence-electron chi connectivity index (χ1n) is 12.7. The van der Waals surface area contributed by atoms with E-state index in [1.54, 1.807) is 42.8 Å². The Hall–Kier alpha value is -4.28. The molecule has 0 unspecified atom stereocenters. The third kappa shape index (κ3) is 4.51. The lowest BCUT2D eigenvalue weighted by Gasteiger charge is -2.18. The molecule has 0 radical (unpaired) electrons. The van der Waals surface area contributed by atoms with Crippen LogP contribution in [0.2, 0.25) is 0 Å². The molecule has 11 heteroatoms. The minimum Gasteiger partial charge on any atom is -0.462 e. The second-order valence-electron chi connectivity index (χ2n) is 9.90. The molecule has 1 aliphatic rings. The molecule has 2 aromatic carbocycles. The number of fused-ring (bicyclic) bond motifs is 1. The summed E-state index contributed by atoms with van der Waals surface area (Å²) in [7, 11) is 1.67. The first-order valence-corrected chi connectivity index (χ1v) is 12.7. The lowest BCUT2D eigenvalue weighted by molar-refractivity contribution is 0.0167. The Morgan fingerprint density at radius 2 is 1.79 bits per heavy atom. The van der Waals surface area contributed by atoms with E-state index in [2.05, 4.69) is 0 Å². The number of alkyl halides is 2. The van der Waals surface area contributed by atoms with Gasteiger partial charge < -0.3 is 4.74 Å². The number of imidazole rings is 1. The molecule has 0 saturated heterocycles. The van der Waals surface area contributed by atoms with Gasteiger partial charge in [0.15, 0.2) is 0 Å². The van der Waals surface area contributed by atoms with E-state index in [0.717, 1.165) is 35.1 Å². The van der Waals surface area contributed by atoms with Crippen molar-refractivity contribution in [2.24, 2.45) is 7.05 Å². The van der Waals surface area contributed by atoms with Gasteiger partial charge in [-0.15, -0.1) is 0 Å². The van der Waals surface area contributed by atoms with Crippen molar-refractivity contribution in [1.29, 1.82) is 0 Å². The summed E-state index contributed by atoms with van der Waals surface area (Å²) in [6, 6.07) is 9.36. The highest BCUT2D eigenvalue weighted by molar-refractivity contribution is 5.88. The number of carbonyl (C=O) groups is 1. The number of ether oxygens (including phenoxy) is 1. The Bertz CT molecular complexity index is 1800. The summed E-state index contributed by atoms with van der Waals surface area (Å²) in [5.74, 6) is -4.04. The summed E-state index contributed by atoms with van der Waals surface area (Å²) in [5.41, 5.74) is -0.217. The van der Waals surface area contributed by atoms with Crippen molar-refractivity contribution in [2.75, 3.05) is 6.61 Å². The SMILES string of the molecule is CCOC(=O)c1cn(-c2ccc3c(c2)n(C2CC2)c(=O)n3C)c(=O)n(Cc2cccc(C(C)(F)F)c2C)c1=O. The number of nitrogens with zero attached hydrogens (tertiary/aromatic N) is 4. The van der Waals surface area contributed by atoms with E-state index in [9.17, 15) is 28.0 Å². The highest BCUT2D eigenvalue weighted by atomic mass is 19.3. The van der Waals surface area contributed by atoms with Crippen molar-refractivity contribution in [3.8, 4) is 5.69 Å². The minimum atomic E-state index is -3.12. The summed E-state index contributed by atoms with van der Waals surface area (Å²) in [4.78, 5) is 52.6. The third-order valence-electron chi connectivity index (χ3n) is 7.18. The van der Waals surface area contributed by atoms with Crippen LogP contribution in [-0.4, -0.2) is 30.8 Å². The van der Waals surface area contributed by atoms with Gasteiger partial charge in [-0.25, -0.2) is 23.2 Å². The fraction of sp³-hybridized carbons (Fsp3) is 0.357. The Labute approximate surface area is 221 Å². The van der Waals surface area contributed by atoms with E-state index < -0.39 is 23.1 Å². The van der Waals surface area contributed by atoms with Gasteiger partial charge in [0.25, 0.3) is 11.5 Å². The molecule has 0 bridgehead atoms. The number of carbonyl (C=O) groups excluding carboxylic acids is 1. The normalized spacial score (nSPS) is 13.7. The number of hydrogen-bond acceptors (Lipinski definition) is 5. The Morgan fingerprint density at radius 1 is 1.08 bits per heavy atom. The van der Waals surface area contributed by atoms with Crippen molar-refractivity contribution in [2.45, 2.75) is 52.1 Å². The standard InChI is InChI=1S/C28H28F2N4O5/c1-5-39-25(36)20-15-32(19-11-12-22-23(13-19)34(18-9-10-18)26(37)31(22)4)27(38)33(24(20)35)14-17-7-6-8-21(16(17)2)28(3,29)30/h6-8,11-13,15,18H,5,9-10,14H2,1-4H3. The van der Waals surface area contributed by atoms with E-state index in [-0.39, 0.29) is 41.6 Å². The van der Waals surface area contributed by atoms with Crippen molar-refractivity contribution >= 4 is 17.0 Å². The van der Waals surface area contributed by atoms with E-state index in [4.69, 9.17) is 4.74 Å². The van der Waals surface area contributed by atoms with Crippen LogP contribution in [0.15, 0.2) is 57.0 Å². The molecule has 1 saturated carbocycles. The molecular weight excluding hydrogens is 510 g/mol. The smallest absolute Gasteiger partial charge is 0.345 e. The Morgan fingerprint density at radius 3 is 2.44 bits per heavy atom. The number of aromatic nitrogens is 4. The topological polar surface area (TPSA) is 97.2 Å². The molecule has 0 atom stereocenters. The first-order chi connectivity index (χ1) is 18.4. The Kier molecular flexibility index (Phi) is 6.40. The largest absolute Gasteiger partial charge is 0.462 e. The lowest BCUT2D eigenvalue weighted by atomic mass is 9.98. The molecule has 204 valence electrons. The molecule has 9 nitrogen and oxygen atoms in total. The monoisotopic (exact) mass is 538 g/mol. The molecule has 1 fully saturated rings. The molecule has 0 amide bonds. The Balaban J connectivity index is 1.73. The summed E-state index contributed by atoms with van der Waals surface area (Å²) < 4.78 is 38.6. The van der Waals surface area contributed by atoms with Gasteiger partial charge in [0.2, 0.25) is 0 Å². The molecule has 2 aromatic heterocycles. The minimum absolute atomic E-state index is 0.00771. The molecule has 1 aliphatic carbocycles. The average molecular weight is 539 g/mol.